The first-order valence-electron chi connectivity index (χ1n) is 8.22. The van der Waals surface area contributed by atoms with Crippen molar-refractivity contribution in [3.8, 4) is 0 Å². The molecule has 6 heteroatoms. The summed E-state index contributed by atoms with van der Waals surface area (Å²) >= 11 is 6.24. The standard InChI is InChI=1S/C17H28ClN5/c1-17(2,3)8-10-21-16(19-4)22-13-7-11-23(12-13)15-14(18)6-5-9-20-15/h5-6,9,13H,7-8,10-12H2,1-4H3,(H2,19,21,22). The molecule has 0 aliphatic carbocycles. The van der Waals surface area contributed by atoms with E-state index in [1.54, 1.807) is 6.20 Å². The molecule has 5 nitrogen and oxygen atoms in total. The lowest BCUT2D eigenvalue weighted by Gasteiger charge is -2.22. The number of guanidine groups is 1. The predicted molar refractivity (Wildman–Crippen MR) is 98.4 cm³/mol. The molecular formula is C17H28ClN5. The fourth-order valence-corrected chi connectivity index (χ4v) is 2.87. The Hall–Kier alpha value is -1.49. The Morgan fingerprint density at radius 2 is 2.26 bits per heavy atom. The first kappa shape index (κ1) is 17.9. The van der Waals surface area contributed by atoms with E-state index in [2.05, 4.69) is 46.3 Å². The van der Waals surface area contributed by atoms with Crippen molar-refractivity contribution in [2.75, 3.05) is 31.6 Å². The maximum Gasteiger partial charge on any atom is 0.191 e. The zero-order chi connectivity index (χ0) is 16.9. The van der Waals surface area contributed by atoms with Crippen molar-refractivity contribution in [1.82, 2.24) is 15.6 Å². The van der Waals surface area contributed by atoms with Gasteiger partial charge in [0.2, 0.25) is 0 Å². The molecule has 0 aromatic carbocycles. The Morgan fingerprint density at radius 3 is 2.91 bits per heavy atom. The molecule has 1 saturated heterocycles. The summed E-state index contributed by atoms with van der Waals surface area (Å²) in [5.74, 6) is 1.74. The maximum absolute atomic E-state index is 6.24. The molecule has 2 N–H and O–H groups in total. The number of aliphatic imine (C=N–C) groups is 1. The highest BCUT2D eigenvalue weighted by molar-refractivity contribution is 6.32. The molecule has 0 saturated carbocycles. The summed E-state index contributed by atoms with van der Waals surface area (Å²) in [4.78, 5) is 10.9. The van der Waals surface area contributed by atoms with Crippen LogP contribution in [0.25, 0.3) is 0 Å². The van der Waals surface area contributed by atoms with Crippen LogP contribution in [0.4, 0.5) is 5.82 Å². The molecule has 1 aliphatic rings. The summed E-state index contributed by atoms with van der Waals surface area (Å²) in [6.45, 7) is 9.50. The Balaban J connectivity index is 1.83. The monoisotopic (exact) mass is 337 g/mol. The summed E-state index contributed by atoms with van der Waals surface area (Å²) in [5.41, 5.74) is 0.325. The van der Waals surface area contributed by atoms with Gasteiger partial charge >= 0.3 is 0 Å². The van der Waals surface area contributed by atoms with Gasteiger partial charge in [-0.15, -0.1) is 0 Å². The van der Waals surface area contributed by atoms with Crippen molar-refractivity contribution in [2.45, 2.75) is 39.7 Å². The van der Waals surface area contributed by atoms with Crippen molar-refractivity contribution in [3.63, 3.8) is 0 Å². The number of nitrogens with one attached hydrogen (secondary N) is 2. The first-order valence-corrected chi connectivity index (χ1v) is 8.59. The van der Waals surface area contributed by atoms with Gasteiger partial charge in [0.1, 0.15) is 5.82 Å². The van der Waals surface area contributed by atoms with Gasteiger partial charge in [0, 0.05) is 38.9 Å². The zero-order valence-corrected chi connectivity index (χ0v) is 15.3. The molecule has 1 fully saturated rings. The van der Waals surface area contributed by atoms with E-state index >= 15 is 0 Å². The number of rotatable bonds is 4. The Morgan fingerprint density at radius 1 is 1.48 bits per heavy atom. The molecule has 23 heavy (non-hydrogen) atoms. The maximum atomic E-state index is 6.24. The predicted octanol–water partition coefficient (Wildman–Crippen LogP) is 2.91. The highest BCUT2D eigenvalue weighted by atomic mass is 35.5. The minimum absolute atomic E-state index is 0.325. The van der Waals surface area contributed by atoms with Crippen molar-refractivity contribution < 1.29 is 0 Å². The van der Waals surface area contributed by atoms with E-state index in [-0.39, 0.29) is 0 Å². The van der Waals surface area contributed by atoms with Crippen LogP contribution in [0.2, 0.25) is 5.02 Å². The molecule has 0 bridgehead atoms. The van der Waals surface area contributed by atoms with Crippen molar-refractivity contribution in [1.29, 1.82) is 0 Å². The van der Waals surface area contributed by atoms with Crippen LogP contribution in [0.15, 0.2) is 23.3 Å². The SMILES string of the molecule is CN=C(NCCC(C)(C)C)NC1CCN(c2ncccc2Cl)C1. The van der Waals surface area contributed by atoms with Gasteiger partial charge in [0.25, 0.3) is 0 Å². The number of pyridine rings is 1. The van der Waals surface area contributed by atoms with Gasteiger partial charge in [-0.2, -0.15) is 0 Å². The second-order valence-corrected chi connectivity index (χ2v) is 7.60. The third-order valence-corrected chi connectivity index (χ3v) is 4.25. The van der Waals surface area contributed by atoms with E-state index in [0.29, 0.717) is 16.5 Å². The van der Waals surface area contributed by atoms with E-state index in [4.69, 9.17) is 11.6 Å². The highest BCUT2D eigenvalue weighted by Crippen LogP contribution is 2.25. The summed E-state index contributed by atoms with van der Waals surface area (Å²) in [7, 11) is 1.81. The number of anilines is 1. The number of halogens is 1. The van der Waals surface area contributed by atoms with Crippen LogP contribution in [-0.2, 0) is 0 Å². The molecule has 1 aliphatic heterocycles. The number of hydrogen-bond acceptors (Lipinski definition) is 3. The minimum atomic E-state index is 0.325. The molecule has 1 unspecified atom stereocenters. The largest absolute Gasteiger partial charge is 0.356 e. The molecule has 0 radical (unpaired) electrons. The Labute approximate surface area is 144 Å². The molecule has 1 aromatic heterocycles. The van der Waals surface area contributed by atoms with Gasteiger partial charge in [0.05, 0.1) is 5.02 Å². The topological polar surface area (TPSA) is 52.6 Å². The van der Waals surface area contributed by atoms with Crippen molar-refractivity contribution >= 4 is 23.4 Å². The normalized spacial score (nSPS) is 19.1. The van der Waals surface area contributed by atoms with Crippen LogP contribution in [0.5, 0.6) is 0 Å². The van der Waals surface area contributed by atoms with Crippen molar-refractivity contribution in [3.05, 3.63) is 23.4 Å². The smallest absolute Gasteiger partial charge is 0.191 e. The summed E-state index contributed by atoms with van der Waals surface area (Å²) in [6.07, 6.45) is 3.94. The van der Waals surface area contributed by atoms with Crippen LogP contribution in [-0.4, -0.2) is 43.7 Å². The minimum Gasteiger partial charge on any atom is -0.356 e. The molecule has 128 valence electrons. The summed E-state index contributed by atoms with van der Waals surface area (Å²) in [6, 6.07) is 4.10. The van der Waals surface area contributed by atoms with Crippen LogP contribution in [0.3, 0.4) is 0 Å². The van der Waals surface area contributed by atoms with Crippen LogP contribution >= 0.6 is 11.6 Å². The fraction of sp³-hybridized carbons (Fsp3) is 0.647. The van der Waals surface area contributed by atoms with Gasteiger partial charge < -0.3 is 15.5 Å². The molecule has 1 atom stereocenters. The van der Waals surface area contributed by atoms with E-state index in [1.807, 2.05) is 19.2 Å². The quantitative estimate of drug-likeness (QED) is 0.655. The van der Waals surface area contributed by atoms with Gasteiger partial charge in [-0.1, -0.05) is 32.4 Å². The van der Waals surface area contributed by atoms with E-state index in [1.165, 1.54) is 0 Å². The van der Waals surface area contributed by atoms with Gasteiger partial charge in [0.15, 0.2) is 5.96 Å². The third-order valence-electron chi connectivity index (χ3n) is 3.96. The molecular weight excluding hydrogens is 310 g/mol. The van der Waals surface area contributed by atoms with Crippen LogP contribution < -0.4 is 15.5 Å². The molecule has 2 rings (SSSR count). The number of hydrogen-bond donors (Lipinski definition) is 2. The Kier molecular flexibility index (Phi) is 6.10. The lowest BCUT2D eigenvalue weighted by Crippen LogP contribution is -2.45. The van der Waals surface area contributed by atoms with Gasteiger partial charge in [-0.05, 0) is 30.4 Å². The van der Waals surface area contributed by atoms with Gasteiger partial charge in [-0.3, -0.25) is 4.99 Å². The third kappa shape index (κ3) is 5.57. The number of aromatic nitrogens is 1. The number of nitrogens with zero attached hydrogens (tertiary/aromatic N) is 3. The molecule has 2 heterocycles. The highest BCUT2D eigenvalue weighted by Gasteiger charge is 2.25. The molecule has 0 spiro atoms. The second-order valence-electron chi connectivity index (χ2n) is 7.19. The second kappa shape index (κ2) is 7.86. The van der Waals surface area contributed by atoms with Gasteiger partial charge in [-0.25, -0.2) is 4.98 Å². The van der Waals surface area contributed by atoms with Crippen LogP contribution in [0, 0.1) is 5.41 Å². The zero-order valence-electron chi connectivity index (χ0n) is 14.6. The lowest BCUT2D eigenvalue weighted by atomic mass is 9.92. The van der Waals surface area contributed by atoms with E-state index < -0.39 is 0 Å². The molecule has 0 amide bonds. The Bertz CT molecular complexity index is 538. The van der Waals surface area contributed by atoms with E-state index in [0.717, 1.165) is 44.3 Å². The summed E-state index contributed by atoms with van der Waals surface area (Å²) < 4.78 is 0. The average molecular weight is 338 g/mol. The van der Waals surface area contributed by atoms with E-state index in [9.17, 15) is 0 Å². The molecule has 1 aromatic rings. The van der Waals surface area contributed by atoms with Crippen molar-refractivity contribution in [2.24, 2.45) is 10.4 Å². The lowest BCUT2D eigenvalue weighted by molar-refractivity contribution is 0.377. The fourth-order valence-electron chi connectivity index (χ4n) is 2.62. The first-order chi connectivity index (χ1) is 10.9. The summed E-state index contributed by atoms with van der Waals surface area (Å²) in [5, 5.41) is 7.60. The average Bonchev–Trinajstić information content (AvgIpc) is 2.93. The van der Waals surface area contributed by atoms with Crippen LogP contribution in [0.1, 0.15) is 33.6 Å².